The van der Waals surface area contributed by atoms with Crippen molar-refractivity contribution in [3.8, 4) is 11.3 Å². The summed E-state index contributed by atoms with van der Waals surface area (Å²) in [4.78, 5) is 24.7. The molecule has 0 bridgehead atoms. The lowest BCUT2D eigenvalue weighted by molar-refractivity contribution is 0.0698. The van der Waals surface area contributed by atoms with Crippen LogP contribution in [0.15, 0.2) is 76.1 Å². The van der Waals surface area contributed by atoms with E-state index in [2.05, 4.69) is 10.4 Å². The van der Waals surface area contributed by atoms with Gasteiger partial charge in [0.2, 0.25) is 0 Å². The number of carboxylic acid groups (broad SMARTS) is 1. The quantitative estimate of drug-likeness (QED) is 0.360. The van der Waals surface area contributed by atoms with Crippen molar-refractivity contribution in [1.29, 1.82) is 0 Å². The Morgan fingerprint density at radius 2 is 1.88 bits per heavy atom. The molecular formula is C27H23N3O4. The molecule has 7 nitrogen and oxygen atoms in total. The Morgan fingerprint density at radius 1 is 1.09 bits per heavy atom. The zero-order valence-electron chi connectivity index (χ0n) is 19.0. The fourth-order valence-corrected chi connectivity index (χ4v) is 4.27. The maximum atomic E-state index is 13.1. The highest BCUT2D eigenvalue weighted by atomic mass is 16.4. The minimum absolute atomic E-state index is 0.143. The summed E-state index contributed by atoms with van der Waals surface area (Å²) in [5.74, 6) is -0.571. The molecule has 2 N–H and O–H groups in total. The van der Waals surface area contributed by atoms with Crippen LogP contribution in [0.2, 0.25) is 0 Å². The molecule has 5 aromatic rings. The summed E-state index contributed by atoms with van der Waals surface area (Å²) < 4.78 is 8.07. The normalized spacial score (nSPS) is 12.2. The average Bonchev–Trinajstić information content (AvgIpc) is 3.18. The standard InChI is InChI=1S/C27H23N3O4/c1-15-10-21(17(3)28-23-7-5-4-6-20(23)27(32)33)26-22(11-15)24(31)13-25(34-26)18-8-9-19-12-16(2)29-30(19)14-18/h4-14,17,28H,1-3H3,(H,32,33). The second-order valence-corrected chi connectivity index (χ2v) is 8.50. The number of carbonyl (C=O) groups is 1. The Kier molecular flexibility index (Phi) is 5.17. The van der Waals surface area contributed by atoms with Gasteiger partial charge < -0.3 is 14.8 Å². The predicted molar refractivity (Wildman–Crippen MR) is 132 cm³/mol. The van der Waals surface area contributed by atoms with Crippen molar-refractivity contribution in [1.82, 2.24) is 9.61 Å². The SMILES string of the molecule is Cc1cc(C(C)Nc2ccccc2C(=O)O)c2oc(-c3ccc4cc(C)nn4c3)cc(=O)c2c1. The predicted octanol–water partition coefficient (Wildman–Crippen LogP) is 5.60. The van der Waals surface area contributed by atoms with Gasteiger partial charge in [-0.3, -0.25) is 4.79 Å². The lowest BCUT2D eigenvalue weighted by Crippen LogP contribution is -2.12. The Bertz CT molecular complexity index is 1630. The van der Waals surface area contributed by atoms with Gasteiger partial charge in [-0.1, -0.05) is 18.2 Å². The van der Waals surface area contributed by atoms with E-state index in [1.165, 1.54) is 6.07 Å². The van der Waals surface area contributed by atoms with Gasteiger partial charge in [-0.25, -0.2) is 9.31 Å². The van der Waals surface area contributed by atoms with Crippen molar-refractivity contribution in [2.45, 2.75) is 26.8 Å². The number of carboxylic acids is 1. The minimum atomic E-state index is -1.01. The van der Waals surface area contributed by atoms with Crippen LogP contribution in [0.1, 0.15) is 40.1 Å². The van der Waals surface area contributed by atoms with Gasteiger partial charge >= 0.3 is 5.97 Å². The second kappa shape index (κ2) is 8.19. The van der Waals surface area contributed by atoms with Crippen LogP contribution in [0, 0.1) is 13.8 Å². The number of fused-ring (bicyclic) bond motifs is 2. The summed E-state index contributed by atoms with van der Waals surface area (Å²) in [6.45, 7) is 5.76. The highest BCUT2D eigenvalue weighted by molar-refractivity contribution is 5.94. The number of aryl methyl sites for hydroxylation is 2. The van der Waals surface area contributed by atoms with Crippen LogP contribution in [-0.4, -0.2) is 20.7 Å². The van der Waals surface area contributed by atoms with E-state index in [-0.39, 0.29) is 17.0 Å². The van der Waals surface area contributed by atoms with Crippen LogP contribution in [0.5, 0.6) is 0 Å². The largest absolute Gasteiger partial charge is 0.478 e. The number of nitrogens with zero attached hydrogens (tertiary/aromatic N) is 2. The van der Waals surface area contributed by atoms with E-state index in [0.717, 1.165) is 27.9 Å². The van der Waals surface area contributed by atoms with Gasteiger partial charge in [-0.2, -0.15) is 5.10 Å². The lowest BCUT2D eigenvalue weighted by Gasteiger charge is -2.19. The fraction of sp³-hybridized carbons (Fsp3) is 0.148. The zero-order chi connectivity index (χ0) is 24.0. The van der Waals surface area contributed by atoms with Gasteiger partial charge in [0.15, 0.2) is 5.43 Å². The molecular weight excluding hydrogens is 430 g/mol. The molecule has 3 aromatic heterocycles. The Balaban J connectivity index is 1.64. The fourth-order valence-electron chi connectivity index (χ4n) is 4.27. The molecule has 0 aliphatic heterocycles. The molecule has 0 saturated heterocycles. The first-order valence-electron chi connectivity index (χ1n) is 10.9. The van der Waals surface area contributed by atoms with E-state index < -0.39 is 5.97 Å². The van der Waals surface area contributed by atoms with Crippen LogP contribution in [0.3, 0.4) is 0 Å². The lowest BCUT2D eigenvalue weighted by atomic mass is 10.00. The monoisotopic (exact) mass is 453 g/mol. The molecule has 2 aromatic carbocycles. The zero-order valence-corrected chi connectivity index (χ0v) is 19.0. The van der Waals surface area contributed by atoms with E-state index in [1.54, 1.807) is 28.8 Å². The number of benzene rings is 2. The Labute approximate surface area is 195 Å². The van der Waals surface area contributed by atoms with Gasteiger partial charge in [-0.05, 0) is 62.7 Å². The Morgan fingerprint density at radius 3 is 2.68 bits per heavy atom. The highest BCUT2D eigenvalue weighted by Gasteiger charge is 2.18. The number of para-hydroxylation sites is 1. The maximum absolute atomic E-state index is 13.1. The number of pyridine rings is 1. The number of anilines is 1. The van der Waals surface area contributed by atoms with Crippen molar-refractivity contribution in [3.63, 3.8) is 0 Å². The Hall–Kier alpha value is -4.39. The van der Waals surface area contributed by atoms with Crippen molar-refractivity contribution in [2.75, 3.05) is 5.32 Å². The summed E-state index contributed by atoms with van der Waals surface area (Å²) in [5, 5.41) is 17.7. The maximum Gasteiger partial charge on any atom is 0.337 e. The van der Waals surface area contributed by atoms with E-state index in [1.807, 2.05) is 57.3 Å². The first kappa shape index (κ1) is 21.5. The van der Waals surface area contributed by atoms with Crippen LogP contribution in [0.4, 0.5) is 5.69 Å². The van der Waals surface area contributed by atoms with Crippen LogP contribution in [0.25, 0.3) is 27.8 Å². The molecule has 7 heteroatoms. The van der Waals surface area contributed by atoms with Gasteiger partial charge in [0.05, 0.1) is 28.2 Å². The van der Waals surface area contributed by atoms with Gasteiger partial charge in [0.1, 0.15) is 11.3 Å². The van der Waals surface area contributed by atoms with E-state index in [4.69, 9.17) is 4.42 Å². The molecule has 34 heavy (non-hydrogen) atoms. The molecule has 0 amide bonds. The van der Waals surface area contributed by atoms with Crippen molar-refractivity contribution in [2.24, 2.45) is 0 Å². The number of aromatic nitrogens is 2. The number of rotatable bonds is 5. The van der Waals surface area contributed by atoms with Crippen LogP contribution in [-0.2, 0) is 0 Å². The summed E-state index contributed by atoms with van der Waals surface area (Å²) >= 11 is 0. The van der Waals surface area contributed by atoms with Crippen LogP contribution < -0.4 is 10.7 Å². The number of nitrogens with one attached hydrogen (secondary N) is 1. The third-order valence-electron chi connectivity index (χ3n) is 5.86. The van der Waals surface area contributed by atoms with Gasteiger partial charge in [-0.15, -0.1) is 0 Å². The van der Waals surface area contributed by atoms with Crippen molar-refractivity contribution >= 4 is 28.1 Å². The number of hydrogen-bond acceptors (Lipinski definition) is 5. The summed E-state index contributed by atoms with van der Waals surface area (Å²) in [6.07, 6.45) is 1.84. The third kappa shape index (κ3) is 3.81. The second-order valence-electron chi connectivity index (χ2n) is 8.50. The molecule has 1 unspecified atom stereocenters. The number of aromatic carboxylic acids is 1. The van der Waals surface area contributed by atoms with Crippen molar-refractivity contribution < 1.29 is 14.3 Å². The summed E-state index contributed by atoms with van der Waals surface area (Å²) in [7, 11) is 0. The van der Waals surface area contributed by atoms with E-state index >= 15 is 0 Å². The first-order chi connectivity index (χ1) is 16.3. The molecule has 0 saturated carbocycles. The van der Waals surface area contributed by atoms with E-state index in [0.29, 0.717) is 22.4 Å². The first-order valence-corrected chi connectivity index (χ1v) is 10.9. The smallest absolute Gasteiger partial charge is 0.337 e. The molecule has 0 fully saturated rings. The summed E-state index contributed by atoms with van der Waals surface area (Å²) in [6, 6.07) is 17.5. The highest BCUT2D eigenvalue weighted by Crippen LogP contribution is 2.31. The molecule has 0 aliphatic carbocycles. The molecule has 3 heterocycles. The average molecular weight is 453 g/mol. The molecule has 0 spiro atoms. The van der Waals surface area contributed by atoms with Crippen molar-refractivity contribution in [3.05, 3.63) is 99.5 Å². The topological polar surface area (TPSA) is 96.8 Å². The van der Waals surface area contributed by atoms with E-state index in [9.17, 15) is 14.7 Å². The molecule has 5 rings (SSSR count). The van der Waals surface area contributed by atoms with Crippen LogP contribution >= 0.6 is 0 Å². The van der Waals surface area contributed by atoms with Gasteiger partial charge in [0.25, 0.3) is 0 Å². The molecule has 170 valence electrons. The number of hydrogen-bond donors (Lipinski definition) is 2. The molecule has 1 atom stereocenters. The molecule has 0 radical (unpaired) electrons. The minimum Gasteiger partial charge on any atom is -0.478 e. The third-order valence-corrected chi connectivity index (χ3v) is 5.86. The summed E-state index contributed by atoms with van der Waals surface area (Å²) in [5.41, 5.74) is 5.27. The van der Waals surface area contributed by atoms with Gasteiger partial charge in [0, 0.05) is 29.1 Å². The molecule has 0 aliphatic rings.